The predicted molar refractivity (Wildman–Crippen MR) is 69.6 cm³/mol. The van der Waals surface area contributed by atoms with E-state index < -0.39 is 0 Å². The zero-order chi connectivity index (χ0) is 10.8. The minimum absolute atomic E-state index is 0.302. The number of aromatic amines is 1. The molecule has 80 valence electrons. The number of thiol groups is 1. The Kier molecular flexibility index (Phi) is 2.38. The minimum Gasteiger partial charge on any atom is -0.284 e. The molecule has 0 saturated heterocycles. The number of H-pyrrole nitrogens is 1. The van der Waals surface area contributed by atoms with Crippen molar-refractivity contribution in [2.24, 2.45) is 0 Å². The van der Waals surface area contributed by atoms with E-state index in [0.29, 0.717) is 0 Å². The molecule has 1 aliphatic heterocycles. The minimum atomic E-state index is -0.302. The van der Waals surface area contributed by atoms with E-state index in [-0.39, 0.29) is 10.9 Å². The van der Waals surface area contributed by atoms with Gasteiger partial charge in [0.05, 0.1) is 0 Å². The Morgan fingerprint density at radius 2 is 1.75 bits per heavy atom. The molecule has 1 aromatic heterocycles. The highest BCUT2D eigenvalue weighted by Crippen LogP contribution is 2.45. The molecule has 3 heteroatoms. The van der Waals surface area contributed by atoms with Gasteiger partial charge in [-0.1, -0.05) is 42.5 Å². The van der Waals surface area contributed by atoms with Crippen LogP contribution in [0.2, 0.25) is 0 Å². The zero-order valence-corrected chi connectivity index (χ0v) is 9.56. The molecule has 0 bridgehead atoms. The second-order valence-corrected chi connectivity index (χ2v) is 5.47. The number of aromatic nitrogens is 2. The lowest BCUT2D eigenvalue weighted by molar-refractivity contribution is 1.10. The number of hydrogen-bond acceptors (Lipinski definition) is 1. The fourth-order valence-corrected chi connectivity index (χ4v) is 3.40. The molecule has 0 saturated carbocycles. The van der Waals surface area contributed by atoms with Crippen LogP contribution in [0, 0.1) is 0 Å². The summed E-state index contributed by atoms with van der Waals surface area (Å²) in [7, 11) is -0.302. The Labute approximate surface area is 97.1 Å². The second kappa shape index (κ2) is 4.02. The second-order valence-electron chi connectivity index (χ2n) is 3.58. The SMILES string of the molecule is C1=C[SH](c2c[nH]nc2-c2ccccc2)C=C1. The summed E-state index contributed by atoms with van der Waals surface area (Å²) in [6.07, 6.45) is 6.22. The van der Waals surface area contributed by atoms with Gasteiger partial charge in [-0.05, 0) is 10.8 Å². The lowest BCUT2D eigenvalue weighted by atomic mass is 10.2. The summed E-state index contributed by atoms with van der Waals surface area (Å²) in [5.74, 6) is 0. The number of nitrogens with zero attached hydrogens (tertiary/aromatic N) is 1. The lowest BCUT2D eigenvalue weighted by Crippen LogP contribution is -1.81. The van der Waals surface area contributed by atoms with Gasteiger partial charge in [-0.3, -0.25) is 5.10 Å². The van der Waals surface area contributed by atoms with Crippen LogP contribution < -0.4 is 0 Å². The third-order valence-electron chi connectivity index (χ3n) is 2.55. The van der Waals surface area contributed by atoms with Crippen LogP contribution in [0.15, 0.2) is 64.4 Å². The maximum Gasteiger partial charge on any atom is 0.104 e. The van der Waals surface area contributed by atoms with Gasteiger partial charge in [0.2, 0.25) is 0 Å². The van der Waals surface area contributed by atoms with E-state index in [1.165, 1.54) is 10.5 Å². The molecule has 0 amide bonds. The van der Waals surface area contributed by atoms with Crippen molar-refractivity contribution in [1.82, 2.24) is 10.2 Å². The van der Waals surface area contributed by atoms with Crippen LogP contribution in [-0.2, 0) is 0 Å². The summed E-state index contributed by atoms with van der Waals surface area (Å²) in [4.78, 5) is 1.30. The van der Waals surface area contributed by atoms with Crippen LogP contribution in [-0.4, -0.2) is 10.2 Å². The van der Waals surface area contributed by atoms with Gasteiger partial charge in [-0.25, -0.2) is 0 Å². The molecule has 0 fully saturated rings. The Balaban J connectivity index is 2.06. The van der Waals surface area contributed by atoms with Gasteiger partial charge in [0.15, 0.2) is 0 Å². The van der Waals surface area contributed by atoms with E-state index >= 15 is 0 Å². The molecule has 0 spiro atoms. The monoisotopic (exact) mass is 228 g/mol. The standard InChI is InChI=1S/C13H12N2S/c1-2-6-11(7-3-1)13-12(10-14-15-13)16-8-4-5-9-16/h1-10,16H,(H,14,15). The van der Waals surface area contributed by atoms with Crippen LogP contribution in [0.25, 0.3) is 11.3 Å². The number of allylic oxidation sites excluding steroid dienone is 2. The summed E-state index contributed by atoms with van der Waals surface area (Å²) in [6.45, 7) is 0. The van der Waals surface area contributed by atoms with Gasteiger partial charge in [0.25, 0.3) is 0 Å². The normalized spacial score (nSPS) is 15.9. The number of nitrogens with one attached hydrogen (secondary N) is 1. The molecule has 0 atom stereocenters. The van der Waals surface area contributed by atoms with Crippen molar-refractivity contribution in [1.29, 1.82) is 0 Å². The van der Waals surface area contributed by atoms with Crippen molar-refractivity contribution < 1.29 is 0 Å². The molecule has 3 rings (SSSR count). The van der Waals surface area contributed by atoms with Crippen LogP contribution in [0.4, 0.5) is 0 Å². The Bertz CT molecular complexity index is 528. The smallest absolute Gasteiger partial charge is 0.104 e. The van der Waals surface area contributed by atoms with Gasteiger partial charge < -0.3 is 0 Å². The number of hydrogen-bond donors (Lipinski definition) is 2. The predicted octanol–water partition coefficient (Wildman–Crippen LogP) is 3.48. The third-order valence-corrected chi connectivity index (χ3v) is 4.43. The number of rotatable bonds is 2. The van der Waals surface area contributed by atoms with Crippen LogP contribution in [0.3, 0.4) is 0 Å². The van der Waals surface area contributed by atoms with E-state index in [4.69, 9.17) is 0 Å². The number of benzene rings is 1. The summed E-state index contributed by atoms with van der Waals surface area (Å²) in [6, 6.07) is 10.3. The van der Waals surface area contributed by atoms with Gasteiger partial charge >= 0.3 is 0 Å². The maximum absolute atomic E-state index is 4.35. The fraction of sp³-hybridized carbons (Fsp3) is 0. The highest BCUT2D eigenvalue weighted by molar-refractivity contribution is 8.22. The first-order chi connectivity index (χ1) is 7.95. The van der Waals surface area contributed by atoms with Gasteiger partial charge in [-0.2, -0.15) is 16.0 Å². The van der Waals surface area contributed by atoms with E-state index in [1.807, 2.05) is 24.4 Å². The van der Waals surface area contributed by atoms with Gasteiger partial charge in [0, 0.05) is 16.7 Å². The Morgan fingerprint density at radius 1 is 1.00 bits per heavy atom. The fourth-order valence-electron chi connectivity index (χ4n) is 1.78. The molecule has 1 aromatic carbocycles. The summed E-state index contributed by atoms with van der Waals surface area (Å²) < 4.78 is 0. The molecule has 1 aliphatic rings. The summed E-state index contributed by atoms with van der Waals surface area (Å²) >= 11 is 0. The van der Waals surface area contributed by atoms with E-state index in [1.54, 1.807) is 0 Å². The average molecular weight is 228 g/mol. The van der Waals surface area contributed by atoms with Crippen molar-refractivity contribution in [2.75, 3.05) is 0 Å². The molecular formula is C13H12N2S. The molecule has 2 nitrogen and oxygen atoms in total. The van der Waals surface area contributed by atoms with E-state index in [2.05, 4.69) is 45.3 Å². The summed E-state index contributed by atoms with van der Waals surface area (Å²) in [5.41, 5.74) is 2.25. The largest absolute Gasteiger partial charge is 0.284 e. The molecular weight excluding hydrogens is 216 g/mol. The average Bonchev–Trinajstić information content (AvgIpc) is 3.01. The van der Waals surface area contributed by atoms with Crippen molar-refractivity contribution in [3.63, 3.8) is 0 Å². The molecule has 16 heavy (non-hydrogen) atoms. The van der Waals surface area contributed by atoms with Crippen molar-refractivity contribution in [3.05, 3.63) is 59.5 Å². The quantitative estimate of drug-likeness (QED) is 0.757. The zero-order valence-electron chi connectivity index (χ0n) is 8.67. The molecule has 2 heterocycles. The molecule has 0 aliphatic carbocycles. The van der Waals surface area contributed by atoms with E-state index in [9.17, 15) is 0 Å². The van der Waals surface area contributed by atoms with Crippen LogP contribution >= 0.6 is 10.9 Å². The first-order valence-corrected chi connectivity index (χ1v) is 6.66. The Morgan fingerprint density at radius 3 is 2.50 bits per heavy atom. The molecule has 0 unspecified atom stereocenters. The first kappa shape index (κ1) is 9.48. The first-order valence-electron chi connectivity index (χ1n) is 5.18. The lowest BCUT2D eigenvalue weighted by Gasteiger charge is -2.09. The van der Waals surface area contributed by atoms with Crippen molar-refractivity contribution in [2.45, 2.75) is 4.90 Å². The van der Waals surface area contributed by atoms with Crippen LogP contribution in [0.1, 0.15) is 0 Å². The molecule has 2 aromatic rings. The van der Waals surface area contributed by atoms with E-state index in [0.717, 1.165) is 5.69 Å². The molecule has 1 N–H and O–H groups in total. The topological polar surface area (TPSA) is 28.7 Å². The van der Waals surface area contributed by atoms with Crippen molar-refractivity contribution >= 4 is 10.9 Å². The highest BCUT2D eigenvalue weighted by Gasteiger charge is 2.12. The van der Waals surface area contributed by atoms with Gasteiger partial charge in [0.1, 0.15) is 5.69 Å². The highest BCUT2D eigenvalue weighted by atomic mass is 32.2. The maximum atomic E-state index is 4.35. The third kappa shape index (κ3) is 1.59. The summed E-state index contributed by atoms with van der Waals surface area (Å²) in [5, 5.41) is 11.8. The van der Waals surface area contributed by atoms with Crippen LogP contribution in [0.5, 0.6) is 0 Å². The Hall–Kier alpha value is -1.74. The van der Waals surface area contributed by atoms with Gasteiger partial charge in [-0.15, -0.1) is 0 Å². The van der Waals surface area contributed by atoms with Crippen molar-refractivity contribution in [3.8, 4) is 11.3 Å². The molecule has 0 radical (unpaired) electrons.